The summed E-state index contributed by atoms with van der Waals surface area (Å²) in [4.78, 5) is 11.8. The van der Waals surface area contributed by atoms with Crippen LogP contribution in [0.3, 0.4) is 0 Å². The molecule has 3 aromatic rings. The Labute approximate surface area is 199 Å². The van der Waals surface area contributed by atoms with Crippen LogP contribution in [0.2, 0.25) is 0 Å². The molecule has 5 heteroatoms. The highest BCUT2D eigenvalue weighted by Gasteiger charge is 2.54. The largest absolute Gasteiger partial charge is 0.389 e. The molecule has 1 saturated carbocycles. The van der Waals surface area contributed by atoms with Crippen LogP contribution in [0.15, 0.2) is 66.4 Å². The Morgan fingerprint density at radius 1 is 1.18 bits per heavy atom. The number of primary amides is 1. The molecule has 3 unspecified atom stereocenters. The van der Waals surface area contributed by atoms with Crippen LogP contribution in [0.4, 0.5) is 4.39 Å². The Balaban J connectivity index is 1.42. The number of aromatic nitrogens is 1. The number of nitrogens with zero attached hydrogens (tertiary/aromatic N) is 1. The quantitative estimate of drug-likeness (QED) is 0.526. The lowest BCUT2D eigenvalue weighted by Crippen LogP contribution is -2.45. The lowest BCUT2D eigenvalue weighted by atomic mass is 9.65. The number of rotatable bonds is 6. The van der Waals surface area contributed by atoms with Gasteiger partial charge in [-0.2, -0.15) is 0 Å². The zero-order valence-electron chi connectivity index (χ0n) is 19.7. The van der Waals surface area contributed by atoms with Gasteiger partial charge in [0.05, 0.1) is 11.5 Å². The molecule has 0 saturated heterocycles. The number of hydrogen-bond acceptors (Lipinski definition) is 2. The van der Waals surface area contributed by atoms with Crippen LogP contribution < -0.4 is 5.73 Å². The van der Waals surface area contributed by atoms with Gasteiger partial charge >= 0.3 is 0 Å². The number of amides is 1. The minimum Gasteiger partial charge on any atom is -0.389 e. The van der Waals surface area contributed by atoms with E-state index in [1.165, 1.54) is 23.3 Å². The van der Waals surface area contributed by atoms with Crippen LogP contribution in [-0.2, 0) is 17.6 Å². The number of aliphatic hydroxyl groups is 1. The van der Waals surface area contributed by atoms with Crippen molar-refractivity contribution >= 4 is 12.0 Å². The Kier molecular flexibility index (Phi) is 5.48. The molecule has 0 aliphatic heterocycles. The minimum absolute atomic E-state index is 0.247. The second kappa shape index (κ2) is 8.24. The number of fused-ring (bicyclic) bond motifs is 2. The van der Waals surface area contributed by atoms with Gasteiger partial charge in [0.1, 0.15) is 5.82 Å². The molecule has 0 bridgehead atoms. The molecule has 1 fully saturated rings. The first-order valence-electron chi connectivity index (χ1n) is 12.0. The summed E-state index contributed by atoms with van der Waals surface area (Å²) in [6, 6.07) is 16.5. The Bertz CT molecular complexity index is 1280. The van der Waals surface area contributed by atoms with Crippen LogP contribution in [0, 0.1) is 11.2 Å². The van der Waals surface area contributed by atoms with Gasteiger partial charge in [-0.15, -0.1) is 0 Å². The molecular formula is C29H31FN2O2. The highest BCUT2D eigenvalue weighted by atomic mass is 19.1. The Morgan fingerprint density at radius 2 is 1.91 bits per heavy atom. The van der Waals surface area contributed by atoms with E-state index in [0.29, 0.717) is 19.3 Å². The van der Waals surface area contributed by atoms with Crippen molar-refractivity contribution < 1.29 is 14.3 Å². The smallest absolute Gasteiger partial charge is 0.224 e. The van der Waals surface area contributed by atoms with Gasteiger partial charge in [-0.05, 0) is 92.1 Å². The number of carbonyl (C=O) groups is 1. The van der Waals surface area contributed by atoms with Crippen molar-refractivity contribution in [1.82, 2.24) is 4.57 Å². The van der Waals surface area contributed by atoms with Gasteiger partial charge in [-0.1, -0.05) is 36.8 Å². The zero-order chi connectivity index (χ0) is 24.1. The third-order valence-electron chi connectivity index (χ3n) is 8.27. The first-order valence-corrected chi connectivity index (χ1v) is 12.0. The molecule has 1 amide bonds. The molecule has 5 rings (SSSR count). The van der Waals surface area contributed by atoms with Crippen molar-refractivity contribution in [2.24, 2.45) is 11.1 Å². The summed E-state index contributed by atoms with van der Waals surface area (Å²) in [5, 5.41) is 11.9. The van der Waals surface area contributed by atoms with Crippen LogP contribution >= 0.6 is 0 Å². The zero-order valence-corrected chi connectivity index (χ0v) is 19.7. The molecule has 34 heavy (non-hydrogen) atoms. The summed E-state index contributed by atoms with van der Waals surface area (Å²) in [5.74, 6) is -0.943. The van der Waals surface area contributed by atoms with Gasteiger partial charge in [0, 0.05) is 23.0 Å². The standard InChI is InChI=1S/C29H31FN2O2/c1-19(27(31)33)25-6-4-3-5-20(25)11-14-29(34)15-12-22-17-26-21(18-28(22,29)2)13-16-32(26)24-9-7-23(30)8-10-24/h3-10,13,16-17,19,34H,11-12,14-15,18H2,1-2H3,(H2,31,33). The first-order chi connectivity index (χ1) is 16.2. The van der Waals surface area contributed by atoms with Crippen LogP contribution in [0.5, 0.6) is 0 Å². The predicted molar refractivity (Wildman–Crippen MR) is 132 cm³/mol. The minimum atomic E-state index is -0.836. The maximum absolute atomic E-state index is 13.4. The molecule has 1 aromatic heterocycles. The van der Waals surface area contributed by atoms with Gasteiger partial charge < -0.3 is 15.4 Å². The SMILES string of the molecule is CC(C(N)=O)c1ccccc1CCC1(O)CCC2=Cc3c(ccn3-c3ccc(F)cc3)CC21C. The molecule has 0 spiro atoms. The van der Waals surface area contributed by atoms with Crippen LogP contribution in [0.25, 0.3) is 11.8 Å². The maximum atomic E-state index is 13.4. The summed E-state index contributed by atoms with van der Waals surface area (Å²) < 4.78 is 15.5. The fraction of sp³-hybridized carbons (Fsp3) is 0.345. The summed E-state index contributed by atoms with van der Waals surface area (Å²) >= 11 is 0. The average Bonchev–Trinajstić information content (AvgIpc) is 3.34. The molecule has 4 nitrogen and oxygen atoms in total. The van der Waals surface area contributed by atoms with Gasteiger partial charge in [-0.25, -0.2) is 4.39 Å². The maximum Gasteiger partial charge on any atom is 0.224 e. The number of hydrogen-bond donors (Lipinski definition) is 2. The lowest BCUT2D eigenvalue weighted by Gasteiger charge is -2.43. The van der Waals surface area contributed by atoms with Crippen LogP contribution in [-0.4, -0.2) is 21.2 Å². The predicted octanol–water partition coefficient (Wildman–Crippen LogP) is 5.31. The van der Waals surface area contributed by atoms with E-state index in [1.54, 1.807) is 12.1 Å². The molecule has 3 N–H and O–H groups in total. The fourth-order valence-corrected chi connectivity index (χ4v) is 5.95. The van der Waals surface area contributed by atoms with E-state index in [9.17, 15) is 14.3 Å². The molecule has 3 atom stereocenters. The van der Waals surface area contributed by atoms with Crippen molar-refractivity contribution in [3.63, 3.8) is 0 Å². The molecular weight excluding hydrogens is 427 g/mol. The number of halogens is 1. The summed E-state index contributed by atoms with van der Waals surface area (Å²) in [6.07, 6.45) is 7.89. The molecule has 0 radical (unpaired) electrons. The number of aryl methyl sites for hydroxylation is 1. The normalized spacial score (nSPS) is 24.3. The second-order valence-corrected chi connectivity index (χ2v) is 10.1. The summed E-state index contributed by atoms with van der Waals surface area (Å²) in [6.45, 7) is 4.02. The van der Waals surface area contributed by atoms with Crippen molar-refractivity contribution in [2.75, 3.05) is 0 Å². The van der Waals surface area contributed by atoms with Crippen molar-refractivity contribution in [2.45, 2.75) is 57.5 Å². The number of benzene rings is 2. The summed E-state index contributed by atoms with van der Waals surface area (Å²) in [5.41, 5.74) is 10.9. The molecule has 2 aliphatic carbocycles. The van der Waals surface area contributed by atoms with Gasteiger partial charge in [0.25, 0.3) is 0 Å². The molecule has 1 heterocycles. The summed E-state index contributed by atoms with van der Waals surface area (Å²) in [7, 11) is 0. The fourth-order valence-electron chi connectivity index (χ4n) is 5.95. The monoisotopic (exact) mass is 458 g/mol. The van der Waals surface area contributed by atoms with E-state index in [-0.39, 0.29) is 23.1 Å². The highest BCUT2D eigenvalue weighted by Crippen LogP contribution is 2.57. The van der Waals surface area contributed by atoms with E-state index in [4.69, 9.17) is 5.73 Å². The van der Waals surface area contributed by atoms with E-state index in [2.05, 4.69) is 23.6 Å². The average molecular weight is 459 g/mol. The van der Waals surface area contributed by atoms with Crippen molar-refractivity contribution in [3.05, 3.63) is 94.6 Å². The van der Waals surface area contributed by atoms with Gasteiger partial charge in [-0.3, -0.25) is 4.79 Å². The van der Waals surface area contributed by atoms with Gasteiger partial charge in [0.15, 0.2) is 0 Å². The van der Waals surface area contributed by atoms with E-state index in [0.717, 1.165) is 35.3 Å². The first kappa shape index (κ1) is 22.6. The van der Waals surface area contributed by atoms with E-state index in [1.807, 2.05) is 37.4 Å². The highest BCUT2D eigenvalue weighted by molar-refractivity contribution is 5.81. The van der Waals surface area contributed by atoms with E-state index >= 15 is 0 Å². The Hall–Kier alpha value is -3.18. The number of carbonyl (C=O) groups excluding carboxylic acids is 1. The van der Waals surface area contributed by atoms with Crippen LogP contribution in [0.1, 0.15) is 61.4 Å². The molecule has 176 valence electrons. The van der Waals surface area contributed by atoms with Crippen molar-refractivity contribution in [1.29, 1.82) is 0 Å². The van der Waals surface area contributed by atoms with E-state index < -0.39 is 5.60 Å². The molecule has 2 aromatic carbocycles. The topological polar surface area (TPSA) is 68.2 Å². The Morgan fingerprint density at radius 3 is 2.65 bits per heavy atom. The molecule has 2 aliphatic rings. The van der Waals surface area contributed by atoms with Crippen molar-refractivity contribution in [3.8, 4) is 5.69 Å². The second-order valence-electron chi connectivity index (χ2n) is 10.1. The van der Waals surface area contributed by atoms with Gasteiger partial charge in [0.2, 0.25) is 5.91 Å². The number of nitrogens with two attached hydrogens (primary N) is 1. The third-order valence-corrected chi connectivity index (χ3v) is 8.27. The lowest BCUT2D eigenvalue weighted by molar-refractivity contribution is -0.119. The third kappa shape index (κ3) is 3.59.